The van der Waals surface area contributed by atoms with Crippen molar-refractivity contribution >= 4 is 0 Å². The number of rotatable bonds is 7. The first-order valence-electron chi connectivity index (χ1n) is 8.38. The van der Waals surface area contributed by atoms with E-state index in [1.54, 1.807) is 0 Å². The smallest absolute Gasteiger partial charge is 0.0896 e. The fourth-order valence-electron chi connectivity index (χ4n) is 2.99. The molecule has 0 spiro atoms. The third-order valence-electron chi connectivity index (χ3n) is 4.14. The molecule has 0 aromatic heterocycles. The van der Waals surface area contributed by atoms with Crippen LogP contribution in [0.25, 0.3) is 0 Å². The van der Waals surface area contributed by atoms with Gasteiger partial charge in [0.1, 0.15) is 0 Å². The summed E-state index contributed by atoms with van der Waals surface area (Å²) < 4.78 is 6.09. The maximum Gasteiger partial charge on any atom is 0.0896 e. The predicted molar refractivity (Wildman–Crippen MR) is 88.7 cm³/mol. The molecule has 3 heteroatoms. The van der Waals surface area contributed by atoms with Crippen LogP contribution in [0.5, 0.6) is 0 Å². The second kappa shape index (κ2) is 8.52. The molecule has 1 aliphatic rings. The SMILES string of the molecule is CCCNC(c1ccc(C)cc1)C1CN(CCC)CCO1. The molecule has 0 aliphatic carbocycles. The van der Waals surface area contributed by atoms with E-state index in [4.69, 9.17) is 4.74 Å². The molecule has 2 unspecified atom stereocenters. The molecule has 0 bridgehead atoms. The summed E-state index contributed by atoms with van der Waals surface area (Å²) in [4.78, 5) is 2.53. The molecule has 1 N–H and O–H groups in total. The van der Waals surface area contributed by atoms with Gasteiger partial charge in [-0.15, -0.1) is 0 Å². The van der Waals surface area contributed by atoms with E-state index in [0.29, 0.717) is 6.04 Å². The number of hydrogen-bond donors (Lipinski definition) is 1. The van der Waals surface area contributed by atoms with Gasteiger partial charge in [0.15, 0.2) is 0 Å². The number of aryl methyl sites for hydroxylation is 1. The van der Waals surface area contributed by atoms with Crippen molar-refractivity contribution in [1.29, 1.82) is 0 Å². The first-order valence-corrected chi connectivity index (χ1v) is 8.38. The molecule has 1 fully saturated rings. The van der Waals surface area contributed by atoms with E-state index in [1.165, 1.54) is 24.1 Å². The molecule has 1 saturated heterocycles. The van der Waals surface area contributed by atoms with E-state index in [9.17, 15) is 0 Å². The van der Waals surface area contributed by atoms with Gasteiger partial charge in [0.25, 0.3) is 0 Å². The molecular weight excluding hydrogens is 260 g/mol. The normalized spacial score (nSPS) is 21.4. The van der Waals surface area contributed by atoms with Crippen molar-refractivity contribution in [3.63, 3.8) is 0 Å². The van der Waals surface area contributed by atoms with Crippen molar-refractivity contribution in [1.82, 2.24) is 10.2 Å². The van der Waals surface area contributed by atoms with E-state index in [0.717, 1.165) is 32.7 Å². The van der Waals surface area contributed by atoms with E-state index >= 15 is 0 Å². The fraction of sp³-hybridized carbons (Fsp3) is 0.667. The van der Waals surface area contributed by atoms with Gasteiger partial charge in [-0.2, -0.15) is 0 Å². The molecule has 1 aliphatic heterocycles. The van der Waals surface area contributed by atoms with Gasteiger partial charge in [-0.25, -0.2) is 0 Å². The van der Waals surface area contributed by atoms with Crippen molar-refractivity contribution in [3.05, 3.63) is 35.4 Å². The Morgan fingerprint density at radius 2 is 2.00 bits per heavy atom. The molecule has 0 radical (unpaired) electrons. The number of nitrogens with one attached hydrogen (secondary N) is 1. The highest BCUT2D eigenvalue weighted by molar-refractivity contribution is 5.25. The molecule has 1 aromatic rings. The largest absolute Gasteiger partial charge is 0.374 e. The van der Waals surface area contributed by atoms with Crippen LogP contribution in [0.15, 0.2) is 24.3 Å². The summed E-state index contributed by atoms with van der Waals surface area (Å²) in [6, 6.07) is 9.17. The number of benzene rings is 1. The highest BCUT2D eigenvalue weighted by atomic mass is 16.5. The maximum absolute atomic E-state index is 6.09. The average molecular weight is 290 g/mol. The molecule has 2 atom stereocenters. The minimum Gasteiger partial charge on any atom is -0.374 e. The van der Waals surface area contributed by atoms with E-state index in [-0.39, 0.29) is 6.10 Å². The summed E-state index contributed by atoms with van der Waals surface area (Å²) in [7, 11) is 0. The monoisotopic (exact) mass is 290 g/mol. The van der Waals surface area contributed by atoms with E-state index in [1.807, 2.05) is 0 Å². The fourth-order valence-corrected chi connectivity index (χ4v) is 2.99. The first-order chi connectivity index (χ1) is 10.2. The summed E-state index contributed by atoms with van der Waals surface area (Å²) in [5, 5.41) is 3.69. The van der Waals surface area contributed by atoms with Gasteiger partial charge in [0.2, 0.25) is 0 Å². The summed E-state index contributed by atoms with van der Waals surface area (Å²) in [5.74, 6) is 0. The van der Waals surface area contributed by atoms with Crippen LogP contribution in [0.1, 0.15) is 43.9 Å². The van der Waals surface area contributed by atoms with Gasteiger partial charge < -0.3 is 10.1 Å². The molecule has 21 heavy (non-hydrogen) atoms. The van der Waals surface area contributed by atoms with Crippen LogP contribution in [-0.2, 0) is 4.74 Å². The van der Waals surface area contributed by atoms with E-state index < -0.39 is 0 Å². The highest BCUT2D eigenvalue weighted by Gasteiger charge is 2.28. The Labute approximate surface area is 129 Å². The van der Waals surface area contributed by atoms with Gasteiger partial charge >= 0.3 is 0 Å². The maximum atomic E-state index is 6.09. The Hall–Kier alpha value is -0.900. The van der Waals surface area contributed by atoms with Crippen LogP contribution >= 0.6 is 0 Å². The Balaban J connectivity index is 2.09. The Morgan fingerprint density at radius 3 is 2.67 bits per heavy atom. The number of nitrogens with zero attached hydrogens (tertiary/aromatic N) is 1. The summed E-state index contributed by atoms with van der Waals surface area (Å²) in [5.41, 5.74) is 2.66. The van der Waals surface area contributed by atoms with Crippen LogP contribution in [0.2, 0.25) is 0 Å². The second-order valence-corrected chi connectivity index (χ2v) is 6.05. The van der Waals surface area contributed by atoms with Gasteiger partial charge in [-0.1, -0.05) is 43.7 Å². The molecule has 0 amide bonds. The number of morpholine rings is 1. The van der Waals surface area contributed by atoms with Gasteiger partial charge in [0, 0.05) is 13.1 Å². The molecule has 2 rings (SSSR count). The quantitative estimate of drug-likeness (QED) is 0.835. The topological polar surface area (TPSA) is 24.5 Å². The Bertz CT molecular complexity index is 402. The minimum absolute atomic E-state index is 0.250. The van der Waals surface area contributed by atoms with Gasteiger partial charge in [-0.3, -0.25) is 4.90 Å². The van der Waals surface area contributed by atoms with Crippen LogP contribution in [0.3, 0.4) is 0 Å². The van der Waals surface area contributed by atoms with Crippen molar-refractivity contribution in [3.8, 4) is 0 Å². The lowest BCUT2D eigenvalue weighted by atomic mass is 9.98. The van der Waals surface area contributed by atoms with E-state index in [2.05, 4.69) is 55.3 Å². The van der Waals surface area contributed by atoms with Crippen molar-refractivity contribution in [2.24, 2.45) is 0 Å². The van der Waals surface area contributed by atoms with Gasteiger partial charge in [-0.05, 0) is 38.4 Å². The lowest BCUT2D eigenvalue weighted by Gasteiger charge is -2.37. The Kier molecular flexibility index (Phi) is 6.68. The van der Waals surface area contributed by atoms with Crippen LogP contribution in [-0.4, -0.2) is 43.8 Å². The van der Waals surface area contributed by atoms with Crippen LogP contribution in [0.4, 0.5) is 0 Å². The Morgan fingerprint density at radius 1 is 1.24 bits per heavy atom. The highest BCUT2D eigenvalue weighted by Crippen LogP contribution is 2.23. The molecule has 0 saturated carbocycles. The molecule has 1 aromatic carbocycles. The molecule has 118 valence electrons. The van der Waals surface area contributed by atoms with Crippen LogP contribution in [0, 0.1) is 6.92 Å². The molecule has 1 heterocycles. The molecular formula is C18H30N2O. The predicted octanol–water partition coefficient (Wildman–Crippen LogP) is 3.15. The number of hydrogen-bond acceptors (Lipinski definition) is 3. The second-order valence-electron chi connectivity index (χ2n) is 6.05. The lowest BCUT2D eigenvalue weighted by molar-refractivity contribution is -0.0470. The summed E-state index contributed by atoms with van der Waals surface area (Å²) in [6.07, 6.45) is 2.61. The zero-order valence-electron chi connectivity index (χ0n) is 13.8. The standard InChI is InChI=1S/C18H30N2O/c1-4-10-19-18(16-8-6-15(3)7-9-16)17-14-20(11-5-2)12-13-21-17/h6-9,17-19H,4-5,10-14H2,1-3H3. The van der Waals surface area contributed by atoms with Crippen molar-refractivity contribution < 1.29 is 4.74 Å². The zero-order chi connectivity index (χ0) is 15.1. The molecule has 3 nitrogen and oxygen atoms in total. The van der Waals surface area contributed by atoms with Crippen molar-refractivity contribution in [2.75, 3.05) is 32.8 Å². The minimum atomic E-state index is 0.250. The first kappa shape index (κ1) is 16.5. The van der Waals surface area contributed by atoms with Gasteiger partial charge in [0.05, 0.1) is 18.8 Å². The zero-order valence-corrected chi connectivity index (χ0v) is 13.8. The summed E-state index contributed by atoms with van der Waals surface area (Å²) >= 11 is 0. The summed E-state index contributed by atoms with van der Waals surface area (Å²) in [6.45, 7) is 11.8. The lowest BCUT2D eigenvalue weighted by Crippen LogP contribution is -2.48. The third kappa shape index (κ3) is 4.80. The van der Waals surface area contributed by atoms with Crippen molar-refractivity contribution in [2.45, 2.75) is 45.8 Å². The average Bonchev–Trinajstić information content (AvgIpc) is 2.50. The third-order valence-corrected chi connectivity index (χ3v) is 4.14. The number of ether oxygens (including phenoxy) is 1. The van der Waals surface area contributed by atoms with Crippen LogP contribution < -0.4 is 5.32 Å².